The van der Waals surface area contributed by atoms with Crippen molar-refractivity contribution in [1.29, 1.82) is 0 Å². The van der Waals surface area contributed by atoms with Crippen LogP contribution in [0, 0.1) is 0 Å². The van der Waals surface area contributed by atoms with E-state index in [-0.39, 0.29) is 5.41 Å². The van der Waals surface area contributed by atoms with Gasteiger partial charge < -0.3 is 4.57 Å². The normalized spacial score (nSPS) is 14.1. The first-order valence-corrected chi connectivity index (χ1v) is 12.6. The van der Waals surface area contributed by atoms with Crippen LogP contribution in [0.25, 0.3) is 60.3 Å². The van der Waals surface area contributed by atoms with Crippen molar-refractivity contribution in [2.45, 2.75) is 19.3 Å². The van der Waals surface area contributed by atoms with Gasteiger partial charge in [0.25, 0.3) is 0 Å². The Labute approximate surface area is 209 Å². The Morgan fingerprint density at radius 1 is 0.583 bits per heavy atom. The molecule has 0 bridgehead atoms. The average molecular weight is 461 g/mol. The summed E-state index contributed by atoms with van der Waals surface area (Å²) in [4.78, 5) is 4.62. The highest BCUT2D eigenvalue weighted by Gasteiger charge is 2.35. The van der Waals surface area contributed by atoms with Gasteiger partial charge >= 0.3 is 0 Å². The van der Waals surface area contributed by atoms with Gasteiger partial charge in [0.15, 0.2) is 0 Å². The average Bonchev–Trinajstić information content (AvgIpc) is 3.34. The Morgan fingerprint density at radius 3 is 2.33 bits per heavy atom. The fourth-order valence-corrected chi connectivity index (χ4v) is 6.45. The number of rotatable bonds is 1. The van der Waals surface area contributed by atoms with E-state index in [1.54, 1.807) is 0 Å². The third-order valence-corrected chi connectivity index (χ3v) is 8.19. The highest BCUT2D eigenvalue weighted by molar-refractivity contribution is 6.15. The molecule has 0 radical (unpaired) electrons. The molecule has 1 aliphatic rings. The molecule has 8 rings (SSSR count). The SMILES string of the molecule is CC1(C)c2ccccc2-c2cc3cc4c5ccccc5n(-c5cccc6ncccc56)c4cc3cc21. The van der Waals surface area contributed by atoms with Crippen LogP contribution in [-0.2, 0) is 5.41 Å². The number of aromatic nitrogens is 2. The van der Waals surface area contributed by atoms with E-state index in [9.17, 15) is 0 Å². The second-order valence-electron chi connectivity index (χ2n) is 10.5. The Hall–Kier alpha value is -4.43. The molecule has 36 heavy (non-hydrogen) atoms. The maximum absolute atomic E-state index is 4.62. The molecule has 0 N–H and O–H groups in total. The number of para-hydroxylation sites is 1. The van der Waals surface area contributed by atoms with Gasteiger partial charge in [0, 0.05) is 27.8 Å². The minimum Gasteiger partial charge on any atom is -0.309 e. The summed E-state index contributed by atoms with van der Waals surface area (Å²) in [6.07, 6.45) is 1.87. The summed E-state index contributed by atoms with van der Waals surface area (Å²) in [5.74, 6) is 0. The van der Waals surface area contributed by atoms with E-state index >= 15 is 0 Å². The van der Waals surface area contributed by atoms with Crippen molar-refractivity contribution in [3.63, 3.8) is 0 Å². The zero-order valence-electron chi connectivity index (χ0n) is 20.3. The van der Waals surface area contributed by atoms with Crippen LogP contribution in [0.1, 0.15) is 25.0 Å². The molecule has 170 valence electrons. The highest BCUT2D eigenvalue weighted by Crippen LogP contribution is 2.50. The molecule has 0 saturated carbocycles. The predicted octanol–water partition coefficient (Wildman–Crippen LogP) is 8.79. The van der Waals surface area contributed by atoms with Gasteiger partial charge in [-0.15, -0.1) is 0 Å². The quantitative estimate of drug-likeness (QED) is 0.239. The summed E-state index contributed by atoms with van der Waals surface area (Å²) in [5, 5.41) is 6.29. The lowest BCUT2D eigenvalue weighted by atomic mass is 9.82. The lowest BCUT2D eigenvalue weighted by molar-refractivity contribution is 0.661. The van der Waals surface area contributed by atoms with E-state index in [4.69, 9.17) is 0 Å². The molecular weight excluding hydrogens is 436 g/mol. The van der Waals surface area contributed by atoms with Crippen molar-refractivity contribution in [3.05, 3.63) is 120 Å². The molecule has 0 saturated heterocycles. The molecule has 0 unspecified atom stereocenters. The lowest BCUT2D eigenvalue weighted by Crippen LogP contribution is -2.14. The summed E-state index contributed by atoms with van der Waals surface area (Å²) < 4.78 is 2.42. The molecule has 0 atom stereocenters. The van der Waals surface area contributed by atoms with E-state index in [2.05, 4.69) is 120 Å². The van der Waals surface area contributed by atoms with Gasteiger partial charge in [-0.3, -0.25) is 4.98 Å². The number of hydrogen-bond donors (Lipinski definition) is 0. The molecule has 1 aliphatic carbocycles. The van der Waals surface area contributed by atoms with Crippen molar-refractivity contribution in [1.82, 2.24) is 9.55 Å². The van der Waals surface area contributed by atoms with Gasteiger partial charge in [-0.05, 0) is 87.6 Å². The van der Waals surface area contributed by atoms with Gasteiger partial charge in [-0.2, -0.15) is 0 Å². The van der Waals surface area contributed by atoms with Crippen molar-refractivity contribution in [3.8, 4) is 16.8 Å². The van der Waals surface area contributed by atoms with E-state index in [0.29, 0.717) is 0 Å². The number of nitrogens with zero attached hydrogens (tertiary/aromatic N) is 2. The standard InChI is InChI=1S/C34H24N2/c1-34(2)28-12-5-3-9-23(28)26-17-21-18-27-24-10-4-6-14-31(24)36(33(27)20-22(21)19-29(26)34)32-15-7-13-30-25(32)11-8-16-35-30/h3-20H,1-2H3. The summed E-state index contributed by atoms with van der Waals surface area (Å²) in [6.45, 7) is 4.70. The molecule has 2 heteroatoms. The van der Waals surface area contributed by atoms with Gasteiger partial charge in [0.05, 0.1) is 22.2 Å². The molecule has 7 aromatic rings. The molecule has 2 heterocycles. The van der Waals surface area contributed by atoms with Gasteiger partial charge in [-0.25, -0.2) is 0 Å². The van der Waals surface area contributed by atoms with Gasteiger partial charge in [-0.1, -0.05) is 62.4 Å². The van der Waals surface area contributed by atoms with Crippen molar-refractivity contribution in [2.24, 2.45) is 0 Å². The molecule has 0 amide bonds. The zero-order chi connectivity index (χ0) is 24.0. The van der Waals surface area contributed by atoms with Crippen LogP contribution in [0.3, 0.4) is 0 Å². The van der Waals surface area contributed by atoms with Crippen LogP contribution in [0.4, 0.5) is 0 Å². The number of pyridine rings is 1. The molecule has 0 spiro atoms. The van der Waals surface area contributed by atoms with E-state index in [0.717, 1.165) is 10.9 Å². The van der Waals surface area contributed by atoms with Gasteiger partial charge in [0.1, 0.15) is 0 Å². The Balaban J connectivity index is 1.50. The molecular formula is C34H24N2. The largest absolute Gasteiger partial charge is 0.309 e. The van der Waals surface area contributed by atoms with Crippen molar-refractivity contribution >= 4 is 43.5 Å². The molecule has 0 fully saturated rings. The second kappa shape index (κ2) is 6.83. The van der Waals surface area contributed by atoms with Crippen LogP contribution in [0.5, 0.6) is 0 Å². The summed E-state index contributed by atoms with van der Waals surface area (Å²) >= 11 is 0. The van der Waals surface area contributed by atoms with Crippen LogP contribution >= 0.6 is 0 Å². The molecule has 2 nitrogen and oxygen atoms in total. The first kappa shape index (κ1) is 19.8. The van der Waals surface area contributed by atoms with Gasteiger partial charge in [0.2, 0.25) is 0 Å². The lowest BCUT2D eigenvalue weighted by Gasteiger charge is -2.21. The monoisotopic (exact) mass is 460 g/mol. The zero-order valence-corrected chi connectivity index (χ0v) is 20.3. The smallest absolute Gasteiger partial charge is 0.0723 e. The minimum absolute atomic E-state index is 0.0108. The first-order chi connectivity index (χ1) is 17.6. The third-order valence-electron chi connectivity index (χ3n) is 8.19. The summed E-state index contributed by atoms with van der Waals surface area (Å²) in [7, 11) is 0. The van der Waals surface area contributed by atoms with E-state index in [1.807, 2.05) is 12.3 Å². The van der Waals surface area contributed by atoms with E-state index in [1.165, 1.54) is 60.5 Å². The topological polar surface area (TPSA) is 17.8 Å². The molecule has 2 aromatic heterocycles. The maximum Gasteiger partial charge on any atom is 0.0723 e. The molecule has 0 aliphatic heterocycles. The third kappa shape index (κ3) is 2.48. The van der Waals surface area contributed by atoms with Crippen molar-refractivity contribution in [2.75, 3.05) is 0 Å². The fraction of sp³-hybridized carbons (Fsp3) is 0.0882. The highest BCUT2D eigenvalue weighted by atomic mass is 15.0. The van der Waals surface area contributed by atoms with Crippen LogP contribution in [-0.4, -0.2) is 9.55 Å². The number of benzene rings is 5. The number of fused-ring (bicyclic) bond motifs is 8. The minimum atomic E-state index is -0.0108. The first-order valence-electron chi connectivity index (χ1n) is 12.6. The Morgan fingerprint density at radius 2 is 1.39 bits per heavy atom. The Kier molecular flexibility index (Phi) is 3.76. The van der Waals surface area contributed by atoms with Crippen LogP contribution < -0.4 is 0 Å². The summed E-state index contributed by atoms with van der Waals surface area (Å²) in [6, 6.07) is 37.8. The maximum atomic E-state index is 4.62. The van der Waals surface area contributed by atoms with Crippen LogP contribution in [0.2, 0.25) is 0 Å². The molecule has 5 aromatic carbocycles. The second-order valence-corrected chi connectivity index (χ2v) is 10.5. The van der Waals surface area contributed by atoms with Crippen LogP contribution in [0.15, 0.2) is 109 Å². The Bertz CT molecular complexity index is 2020. The fourth-order valence-electron chi connectivity index (χ4n) is 6.45. The van der Waals surface area contributed by atoms with Crippen molar-refractivity contribution < 1.29 is 0 Å². The summed E-state index contributed by atoms with van der Waals surface area (Å²) in [5.41, 5.74) is 10.2. The van der Waals surface area contributed by atoms with E-state index < -0.39 is 0 Å². The predicted molar refractivity (Wildman–Crippen MR) is 151 cm³/mol. The number of hydrogen-bond acceptors (Lipinski definition) is 1.